The number of halogens is 6. The largest absolute Gasteiger partial charge is 0.458 e. The first kappa shape index (κ1) is 27.1. The highest BCUT2D eigenvalue weighted by atomic mass is 19.4. The van der Waals surface area contributed by atoms with E-state index in [0.717, 1.165) is 17.9 Å². The molecule has 0 atom stereocenters. The van der Waals surface area contributed by atoms with Gasteiger partial charge in [-0.2, -0.15) is 13.2 Å². The maximum atomic E-state index is 14.0. The molecule has 0 radical (unpaired) electrons. The predicted octanol–water partition coefficient (Wildman–Crippen LogP) is 7.99. The summed E-state index contributed by atoms with van der Waals surface area (Å²) in [5, 5.41) is -1.09. The van der Waals surface area contributed by atoms with Gasteiger partial charge in [-0.3, -0.25) is 4.79 Å². The fourth-order valence-electron chi connectivity index (χ4n) is 4.19. The molecule has 0 amide bonds. The molecule has 0 aromatic heterocycles. The lowest BCUT2D eigenvalue weighted by atomic mass is 9.79. The number of benzene rings is 3. The van der Waals surface area contributed by atoms with Crippen LogP contribution in [0.3, 0.4) is 0 Å². The zero-order chi connectivity index (χ0) is 26.5. The second-order valence-corrected chi connectivity index (χ2v) is 8.88. The zero-order valence-corrected chi connectivity index (χ0v) is 19.7. The Morgan fingerprint density at radius 1 is 0.944 bits per heavy atom. The highest BCUT2D eigenvalue weighted by Gasteiger charge is 2.24. The van der Waals surface area contributed by atoms with Crippen molar-refractivity contribution in [1.29, 1.82) is 0 Å². The fraction of sp³-hybridized carbons (Fsp3) is 0.321. The van der Waals surface area contributed by atoms with Gasteiger partial charge >= 0.3 is 6.18 Å². The van der Waals surface area contributed by atoms with Gasteiger partial charge in [0.15, 0.2) is 5.82 Å². The van der Waals surface area contributed by atoms with Crippen LogP contribution in [-0.4, -0.2) is 12.6 Å². The summed E-state index contributed by atoms with van der Waals surface area (Å²) in [4.78, 5) is 10.2. The topological polar surface area (TPSA) is 26.3 Å². The standard InChI is InChI=1S/C14H4F6O2.C14H20/c15-10-4-7-3-8(22-6-21)5-11(16)12(7)13(17)9(10)1-2-14(18,19)20;1-11-3-7-13(8-4-11)14-9-5-12(2)6-10-14/h3-6H;3-4,7-8,12,14H,5-6,9-10H2,1-2H3. The van der Waals surface area contributed by atoms with E-state index in [1.807, 2.05) is 0 Å². The van der Waals surface area contributed by atoms with Crippen LogP contribution in [0.4, 0.5) is 26.3 Å². The van der Waals surface area contributed by atoms with Crippen LogP contribution in [0.25, 0.3) is 10.8 Å². The van der Waals surface area contributed by atoms with E-state index >= 15 is 0 Å². The summed E-state index contributed by atoms with van der Waals surface area (Å²) >= 11 is 0. The number of carbonyl (C=O) groups is 1. The van der Waals surface area contributed by atoms with Gasteiger partial charge in [0.1, 0.15) is 17.4 Å². The van der Waals surface area contributed by atoms with Crippen LogP contribution < -0.4 is 4.74 Å². The third kappa shape index (κ3) is 7.03. The average Bonchev–Trinajstić information content (AvgIpc) is 2.79. The average molecular weight is 506 g/mol. The second-order valence-electron chi connectivity index (χ2n) is 8.88. The van der Waals surface area contributed by atoms with Crippen molar-refractivity contribution in [3.8, 4) is 17.6 Å². The molecule has 0 heterocycles. The molecule has 4 rings (SSSR count). The van der Waals surface area contributed by atoms with E-state index < -0.39 is 34.6 Å². The molecule has 1 fully saturated rings. The first-order valence-corrected chi connectivity index (χ1v) is 11.4. The molecule has 0 aliphatic heterocycles. The molecular weight excluding hydrogens is 482 g/mol. The summed E-state index contributed by atoms with van der Waals surface area (Å²) in [6.07, 6.45) is 0.666. The van der Waals surface area contributed by atoms with E-state index in [9.17, 15) is 31.1 Å². The van der Waals surface area contributed by atoms with E-state index in [1.165, 1.54) is 37.2 Å². The maximum absolute atomic E-state index is 14.0. The number of hydrogen-bond donors (Lipinski definition) is 0. The van der Waals surface area contributed by atoms with Gasteiger partial charge in [-0.15, -0.1) is 0 Å². The van der Waals surface area contributed by atoms with Crippen molar-refractivity contribution in [3.63, 3.8) is 0 Å². The third-order valence-corrected chi connectivity index (χ3v) is 6.13. The Morgan fingerprint density at radius 3 is 2.17 bits per heavy atom. The van der Waals surface area contributed by atoms with Gasteiger partial charge in [-0.25, -0.2) is 13.2 Å². The first-order valence-electron chi connectivity index (χ1n) is 11.4. The van der Waals surface area contributed by atoms with Gasteiger partial charge in [-0.1, -0.05) is 55.5 Å². The first-order chi connectivity index (χ1) is 17.0. The van der Waals surface area contributed by atoms with E-state index in [4.69, 9.17) is 0 Å². The van der Waals surface area contributed by atoms with Gasteiger partial charge in [-0.05, 0) is 54.7 Å². The molecule has 0 unspecified atom stereocenters. The third-order valence-electron chi connectivity index (χ3n) is 6.13. The molecular formula is C28H24F6O2. The molecule has 3 aromatic carbocycles. The Balaban J connectivity index is 0.000000221. The summed E-state index contributed by atoms with van der Waals surface area (Å²) in [6, 6.07) is 11.3. The predicted molar refractivity (Wildman–Crippen MR) is 125 cm³/mol. The van der Waals surface area contributed by atoms with Gasteiger partial charge in [0.05, 0.1) is 10.9 Å². The monoisotopic (exact) mass is 506 g/mol. The number of aryl methyl sites for hydroxylation is 1. The molecule has 1 saturated carbocycles. The Morgan fingerprint density at radius 2 is 1.58 bits per heavy atom. The van der Waals surface area contributed by atoms with Crippen LogP contribution in [0, 0.1) is 42.1 Å². The molecule has 3 aromatic rings. The van der Waals surface area contributed by atoms with E-state index in [1.54, 1.807) is 5.56 Å². The quantitative estimate of drug-likeness (QED) is 0.204. The second kappa shape index (κ2) is 11.5. The van der Waals surface area contributed by atoms with Gasteiger partial charge in [0, 0.05) is 12.0 Å². The number of ether oxygens (including phenoxy) is 1. The zero-order valence-electron chi connectivity index (χ0n) is 19.7. The number of carbonyl (C=O) groups excluding carboxylic acids is 1. The van der Waals surface area contributed by atoms with Gasteiger partial charge < -0.3 is 4.74 Å². The SMILES string of the molecule is Cc1ccc(C2CCC(C)CC2)cc1.O=COc1cc(F)c2c(F)c(C#CC(F)(F)F)c(F)cc2c1. The van der Waals surface area contributed by atoms with Crippen molar-refractivity contribution >= 4 is 17.2 Å². The summed E-state index contributed by atoms with van der Waals surface area (Å²) < 4.78 is 81.8. The van der Waals surface area contributed by atoms with Crippen LogP contribution in [0.2, 0.25) is 0 Å². The molecule has 1 aliphatic rings. The molecule has 0 bridgehead atoms. The lowest BCUT2D eigenvalue weighted by Gasteiger charge is -2.26. The molecule has 2 nitrogen and oxygen atoms in total. The Hall–Kier alpha value is -3.47. The number of fused-ring (bicyclic) bond motifs is 1. The minimum absolute atomic E-state index is 0.0174. The maximum Gasteiger partial charge on any atom is 0.458 e. The van der Waals surface area contributed by atoms with Crippen LogP contribution in [0.5, 0.6) is 5.75 Å². The van der Waals surface area contributed by atoms with E-state index in [0.29, 0.717) is 18.1 Å². The molecule has 36 heavy (non-hydrogen) atoms. The minimum Gasteiger partial charge on any atom is -0.429 e. The smallest absolute Gasteiger partial charge is 0.429 e. The Kier molecular flexibility index (Phi) is 8.67. The van der Waals surface area contributed by atoms with Crippen molar-refractivity contribution < 1.29 is 35.9 Å². The summed E-state index contributed by atoms with van der Waals surface area (Å²) in [6.45, 7) is 4.52. The minimum atomic E-state index is -4.95. The van der Waals surface area contributed by atoms with Crippen LogP contribution in [0.15, 0.2) is 42.5 Å². The molecule has 190 valence electrons. The number of alkyl halides is 3. The molecule has 0 saturated heterocycles. The Bertz CT molecular complexity index is 1280. The van der Waals surface area contributed by atoms with Crippen molar-refractivity contribution in [3.05, 3.63) is 76.6 Å². The summed E-state index contributed by atoms with van der Waals surface area (Å²) in [7, 11) is 0. The Labute approximate surface area is 205 Å². The van der Waals surface area contributed by atoms with E-state index in [2.05, 4.69) is 42.8 Å². The van der Waals surface area contributed by atoms with E-state index in [-0.39, 0.29) is 17.6 Å². The fourth-order valence-corrected chi connectivity index (χ4v) is 4.19. The molecule has 8 heteroatoms. The molecule has 0 spiro atoms. The summed E-state index contributed by atoms with van der Waals surface area (Å²) in [5.74, 6) is -0.705. The molecule has 1 aliphatic carbocycles. The number of rotatable bonds is 3. The van der Waals surface area contributed by atoms with Crippen molar-refractivity contribution in [2.24, 2.45) is 5.92 Å². The lowest BCUT2D eigenvalue weighted by molar-refractivity contribution is -0.120. The summed E-state index contributed by atoms with van der Waals surface area (Å²) in [5.41, 5.74) is 1.73. The van der Waals surface area contributed by atoms with Crippen LogP contribution in [0.1, 0.15) is 55.2 Å². The van der Waals surface area contributed by atoms with Crippen molar-refractivity contribution in [2.75, 3.05) is 0 Å². The molecule has 0 N–H and O–H groups in total. The lowest BCUT2D eigenvalue weighted by Crippen LogP contribution is -2.10. The highest BCUT2D eigenvalue weighted by molar-refractivity contribution is 5.87. The highest BCUT2D eigenvalue weighted by Crippen LogP contribution is 2.35. The normalized spacial score (nSPS) is 17.4. The van der Waals surface area contributed by atoms with Crippen LogP contribution >= 0.6 is 0 Å². The van der Waals surface area contributed by atoms with Crippen molar-refractivity contribution in [1.82, 2.24) is 0 Å². The van der Waals surface area contributed by atoms with Crippen LogP contribution in [-0.2, 0) is 4.79 Å². The number of hydrogen-bond acceptors (Lipinski definition) is 2. The van der Waals surface area contributed by atoms with Gasteiger partial charge in [0.25, 0.3) is 6.47 Å². The van der Waals surface area contributed by atoms with Crippen molar-refractivity contribution in [2.45, 2.75) is 51.6 Å². The van der Waals surface area contributed by atoms with Gasteiger partial charge in [0.2, 0.25) is 0 Å².